The fourth-order valence-electron chi connectivity index (χ4n) is 2.46. The lowest BCUT2D eigenvalue weighted by Gasteiger charge is -2.24. The highest BCUT2D eigenvalue weighted by atomic mass is 16.2. The van der Waals surface area contributed by atoms with E-state index in [9.17, 15) is 4.79 Å². The summed E-state index contributed by atoms with van der Waals surface area (Å²) in [7, 11) is 0. The van der Waals surface area contributed by atoms with Gasteiger partial charge in [0.25, 0.3) is 0 Å². The fourth-order valence-corrected chi connectivity index (χ4v) is 2.46. The maximum Gasteiger partial charge on any atom is 0.326 e. The number of nitrogens with zero attached hydrogens (tertiary/aromatic N) is 4. The monoisotopic (exact) mass is 332 g/mol. The Morgan fingerprint density at radius 3 is 1.46 bits per heavy atom. The lowest BCUT2D eigenvalue weighted by atomic mass is 10.1. The molecule has 2 aromatic rings. The number of hydrogen-bond acceptors (Lipinski definition) is 3. The molecule has 0 unspecified atom stereocenters. The SMILES string of the molecule is Cc1cc(NC(=O)Nc2cc(C)nn2C(C)(C)C)n(C(C)(C)C)n1. The van der Waals surface area contributed by atoms with E-state index in [0.717, 1.165) is 11.4 Å². The molecule has 132 valence electrons. The van der Waals surface area contributed by atoms with Crippen LogP contribution in [-0.2, 0) is 11.1 Å². The molecule has 2 N–H and O–H groups in total. The van der Waals surface area contributed by atoms with Crippen molar-refractivity contribution in [2.45, 2.75) is 66.5 Å². The largest absolute Gasteiger partial charge is 0.326 e. The Morgan fingerprint density at radius 1 is 0.833 bits per heavy atom. The van der Waals surface area contributed by atoms with Gasteiger partial charge in [-0.15, -0.1) is 0 Å². The van der Waals surface area contributed by atoms with Crippen LogP contribution in [0.25, 0.3) is 0 Å². The van der Waals surface area contributed by atoms with Gasteiger partial charge in [-0.1, -0.05) is 0 Å². The molecule has 7 heteroatoms. The molecule has 0 aliphatic rings. The number of anilines is 2. The van der Waals surface area contributed by atoms with Crippen molar-refractivity contribution in [2.75, 3.05) is 10.6 Å². The van der Waals surface area contributed by atoms with Crippen LogP contribution in [0.1, 0.15) is 52.9 Å². The number of carbonyl (C=O) groups is 1. The Hall–Kier alpha value is -2.31. The van der Waals surface area contributed by atoms with Crippen molar-refractivity contribution in [3.05, 3.63) is 23.5 Å². The maximum absolute atomic E-state index is 12.5. The molecule has 7 nitrogen and oxygen atoms in total. The van der Waals surface area contributed by atoms with Crippen LogP contribution in [0.5, 0.6) is 0 Å². The van der Waals surface area contributed by atoms with Crippen LogP contribution in [0, 0.1) is 13.8 Å². The second-order valence-electron chi connectivity index (χ2n) is 8.09. The van der Waals surface area contributed by atoms with Gasteiger partial charge in [0.05, 0.1) is 22.5 Å². The van der Waals surface area contributed by atoms with E-state index in [1.54, 1.807) is 0 Å². The topological polar surface area (TPSA) is 76.8 Å². The van der Waals surface area contributed by atoms with Crippen molar-refractivity contribution < 1.29 is 4.79 Å². The second kappa shape index (κ2) is 5.96. The summed E-state index contributed by atoms with van der Waals surface area (Å²) < 4.78 is 3.63. The molecular weight excluding hydrogens is 304 g/mol. The van der Waals surface area contributed by atoms with Crippen LogP contribution >= 0.6 is 0 Å². The minimum absolute atomic E-state index is 0.222. The summed E-state index contributed by atoms with van der Waals surface area (Å²) in [5.41, 5.74) is 1.27. The second-order valence-corrected chi connectivity index (χ2v) is 8.09. The molecule has 2 aromatic heterocycles. The smallest absolute Gasteiger partial charge is 0.292 e. The van der Waals surface area contributed by atoms with Crippen LogP contribution in [0.3, 0.4) is 0 Å². The quantitative estimate of drug-likeness (QED) is 0.877. The van der Waals surface area contributed by atoms with Crippen molar-refractivity contribution in [2.24, 2.45) is 0 Å². The van der Waals surface area contributed by atoms with E-state index in [2.05, 4.69) is 20.8 Å². The molecule has 2 amide bonds. The van der Waals surface area contributed by atoms with Gasteiger partial charge in [-0.2, -0.15) is 10.2 Å². The Labute approximate surface area is 143 Å². The van der Waals surface area contributed by atoms with Crippen molar-refractivity contribution >= 4 is 17.7 Å². The minimum atomic E-state index is -0.314. The number of aryl methyl sites for hydroxylation is 2. The van der Waals surface area contributed by atoms with Crippen LogP contribution in [0.15, 0.2) is 12.1 Å². The minimum Gasteiger partial charge on any atom is -0.292 e. The van der Waals surface area contributed by atoms with Gasteiger partial charge >= 0.3 is 6.03 Å². The predicted octanol–water partition coefficient (Wildman–Crippen LogP) is 3.85. The van der Waals surface area contributed by atoms with Gasteiger partial charge in [0.1, 0.15) is 11.6 Å². The molecule has 0 bridgehead atoms. The zero-order chi connectivity index (χ0) is 18.3. The number of aromatic nitrogens is 4. The molecular formula is C17H28N6O. The van der Waals surface area contributed by atoms with Crippen molar-refractivity contribution in [1.29, 1.82) is 0 Å². The number of urea groups is 1. The van der Waals surface area contributed by atoms with Crippen LogP contribution in [0.4, 0.5) is 16.4 Å². The molecule has 24 heavy (non-hydrogen) atoms. The molecule has 0 saturated heterocycles. The summed E-state index contributed by atoms with van der Waals surface area (Å²) >= 11 is 0. The number of amides is 2. The predicted molar refractivity (Wildman–Crippen MR) is 96.6 cm³/mol. The Balaban J connectivity index is 2.22. The number of nitrogens with one attached hydrogen (secondary N) is 2. The van der Waals surface area contributed by atoms with E-state index in [1.807, 2.05) is 76.9 Å². The lowest BCUT2D eigenvalue weighted by molar-refractivity contribution is 0.261. The standard InChI is InChI=1S/C17H28N6O/c1-11-9-13(22(20-11)16(3,4)5)18-15(24)19-14-10-12(2)21-23(14)17(6,7)8/h9-10H,1-8H3,(H2,18,19,24). The number of hydrogen-bond donors (Lipinski definition) is 2. The zero-order valence-electron chi connectivity index (χ0n) is 15.9. The van der Waals surface area contributed by atoms with E-state index in [1.165, 1.54) is 0 Å². The van der Waals surface area contributed by atoms with Crippen LogP contribution < -0.4 is 10.6 Å². The third-order valence-corrected chi connectivity index (χ3v) is 3.42. The lowest BCUT2D eigenvalue weighted by Crippen LogP contribution is -2.30. The van der Waals surface area contributed by atoms with Gasteiger partial charge in [-0.25, -0.2) is 14.2 Å². The van der Waals surface area contributed by atoms with Gasteiger partial charge in [0.15, 0.2) is 0 Å². The summed E-state index contributed by atoms with van der Waals surface area (Å²) in [6, 6.07) is 3.40. The number of rotatable bonds is 2. The Morgan fingerprint density at radius 2 is 1.17 bits per heavy atom. The van der Waals surface area contributed by atoms with Crippen molar-refractivity contribution in [3.63, 3.8) is 0 Å². The molecule has 2 rings (SSSR count). The van der Waals surface area contributed by atoms with Crippen LogP contribution in [-0.4, -0.2) is 25.6 Å². The van der Waals surface area contributed by atoms with E-state index < -0.39 is 0 Å². The molecule has 2 heterocycles. The van der Waals surface area contributed by atoms with Gasteiger partial charge < -0.3 is 0 Å². The average Bonchev–Trinajstić information content (AvgIpc) is 2.91. The first-order chi connectivity index (χ1) is 10.9. The highest BCUT2D eigenvalue weighted by molar-refractivity contribution is 5.98. The summed E-state index contributed by atoms with van der Waals surface area (Å²) in [5.74, 6) is 1.33. The molecule has 0 aliphatic carbocycles. The zero-order valence-corrected chi connectivity index (χ0v) is 15.9. The maximum atomic E-state index is 12.5. The summed E-state index contributed by atoms with van der Waals surface area (Å²) in [6.45, 7) is 16.1. The van der Waals surface area contributed by atoms with E-state index in [0.29, 0.717) is 11.6 Å². The van der Waals surface area contributed by atoms with Gasteiger partial charge in [0.2, 0.25) is 0 Å². The summed E-state index contributed by atoms with van der Waals surface area (Å²) in [6.07, 6.45) is 0. The van der Waals surface area contributed by atoms with E-state index in [4.69, 9.17) is 0 Å². The first-order valence-electron chi connectivity index (χ1n) is 8.10. The third kappa shape index (κ3) is 3.96. The Kier molecular flexibility index (Phi) is 4.48. The molecule has 0 atom stereocenters. The Bertz CT molecular complexity index is 680. The highest BCUT2D eigenvalue weighted by Gasteiger charge is 2.22. The molecule has 0 spiro atoms. The highest BCUT2D eigenvalue weighted by Crippen LogP contribution is 2.23. The summed E-state index contributed by atoms with van der Waals surface area (Å²) in [4.78, 5) is 12.5. The van der Waals surface area contributed by atoms with E-state index in [-0.39, 0.29) is 17.1 Å². The average molecular weight is 332 g/mol. The molecule has 0 radical (unpaired) electrons. The summed E-state index contributed by atoms with van der Waals surface area (Å²) in [5, 5.41) is 14.7. The van der Waals surface area contributed by atoms with Crippen LogP contribution in [0.2, 0.25) is 0 Å². The molecule has 0 aromatic carbocycles. The van der Waals surface area contributed by atoms with E-state index >= 15 is 0 Å². The molecule has 0 aliphatic heterocycles. The first kappa shape index (κ1) is 18.0. The van der Waals surface area contributed by atoms with Gasteiger partial charge in [-0.3, -0.25) is 10.6 Å². The first-order valence-corrected chi connectivity index (χ1v) is 8.10. The van der Waals surface area contributed by atoms with Gasteiger partial charge in [0, 0.05) is 12.1 Å². The third-order valence-electron chi connectivity index (χ3n) is 3.42. The van der Waals surface area contributed by atoms with Crippen molar-refractivity contribution in [3.8, 4) is 0 Å². The van der Waals surface area contributed by atoms with Crippen molar-refractivity contribution in [1.82, 2.24) is 19.6 Å². The molecule has 0 saturated carbocycles. The molecule has 0 fully saturated rings. The number of carbonyl (C=O) groups excluding carboxylic acids is 1. The van der Waals surface area contributed by atoms with Gasteiger partial charge in [-0.05, 0) is 55.4 Å². The fraction of sp³-hybridized carbons (Fsp3) is 0.588. The normalized spacial score (nSPS) is 12.3.